The van der Waals surface area contributed by atoms with Crippen molar-refractivity contribution < 1.29 is 9.53 Å². The van der Waals surface area contributed by atoms with Gasteiger partial charge in [0.05, 0.1) is 7.11 Å². The van der Waals surface area contributed by atoms with Crippen LogP contribution in [0.5, 0.6) is 5.88 Å². The molecule has 0 fully saturated rings. The van der Waals surface area contributed by atoms with E-state index in [-0.39, 0.29) is 5.91 Å². The summed E-state index contributed by atoms with van der Waals surface area (Å²) in [6, 6.07) is 16.5. The third kappa shape index (κ3) is 4.91. The first-order chi connectivity index (χ1) is 13.6. The molecule has 2 aromatic carbocycles. The predicted molar refractivity (Wildman–Crippen MR) is 112 cm³/mol. The van der Waals surface area contributed by atoms with Crippen LogP contribution in [0.1, 0.15) is 32.6 Å². The molecule has 1 heterocycles. The number of carbonyl (C=O) groups is 1. The number of nitrogens with one attached hydrogen (secondary N) is 1. The average molecular weight is 391 g/mol. The zero-order valence-electron chi connectivity index (χ0n) is 15.6. The topological polar surface area (TPSA) is 51.2 Å². The molecule has 3 rings (SSSR count). The molecule has 0 unspecified atom stereocenters. The number of alkyl halides is 1. The fraction of sp³-hybridized carbons (Fsp3) is 0.130. The van der Waals surface area contributed by atoms with Gasteiger partial charge in [-0.2, -0.15) is 0 Å². The van der Waals surface area contributed by atoms with Gasteiger partial charge in [0.15, 0.2) is 0 Å². The Labute approximate surface area is 169 Å². The minimum absolute atomic E-state index is 0.160. The normalized spacial score (nSPS) is 9.96. The van der Waals surface area contributed by atoms with Gasteiger partial charge in [-0.1, -0.05) is 24.0 Å². The highest BCUT2D eigenvalue weighted by Crippen LogP contribution is 2.18. The molecule has 0 aliphatic rings. The van der Waals surface area contributed by atoms with Gasteiger partial charge >= 0.3 is 0 Å². The molecule has 140 valence electrons. The van der Waals surface area contributed by atoms with E-state index in [0.29, 0.717) is 17.3 Å². The lowest BCUT2D eigenvalue weighted by Gasteiger charge is -2.09. The summed E-state index contributed by atoms with van der Waals surface area (Å²) >= 11 is 5.78. The number of methoxy groups -OCH3 is 1. The van der Waals surface area contributed by atoms with Gasteiger partial charge in [-0.05, 0) is 54.4 Å². The van der Waals surface area contributed by atoms with Crippen LogP contribution in [0.15, 0.2) is 60.8 Å². The summed E-state index contributed by atoms with van der Waals surface area (Å²) in [6.45, 7) is 1.94. The minimum Gasteiger partial charge on any atom is -0.481 e. The molecule has 5 heteroatoms. The van der Waals surface area contributed by atoms with E-state index >= 15 is 0 Å². The highest BCUT2D eigenvalue weighted by molar-refractivity contribution is 6.17. The van der Waals surface area contributed by atoms with Gasteiger partial charge in [-0.3, -0.25) is 4.79 Å². The van der Waals surface area contributed by atoms with Crippen molar-refractivity contribution in [1.29, 1.82) is 0 Å². The van der Waals surface area contributed by atoms with E-state index < -0.39 is 0 Å². The number of nitrogens with zero attached hydrogens (tertiary/aromatic N) is 1. The van der Waals surface area contributed by atoms with Gasteiger partial charge in [0.1, 0.15) is 0 Å². The van der Waals surface area contributed by atoms with Crippen LogP contribution in [0.3, 0.4) is 0 Å². The molecule has 0 saturated heterocycles. The molecule has 28 heavy (non-hydrogen) atoms. The molecule has 1 aromatic heterocycles. The van der Waals surface area contributed by atoms with Crippen LogP contribution in [0.2, 0.25) is 0 Å². The smallest absolute Gasteiger partial charge is 0.255 e. The van der Waals surface area contributed by atoms with Crippen molar-refractivity contribution in [3.8, 4) is 17.7 Å². The number of aromatic nitrogens is 1. The number of carbonyl (C=O) groups excluding carboxylic acids is 1. The van der Waals surface area contributed by atoms with Crippen LogP contribution in [0.25, 0.3) is 0 Å². The van der Waals surface area contributed by atoms with Crippen LogP contribution < -0.4 is 10.1 Å². The standard InChI is InChI=1S/C23H19ClN2O2/c1-16-13-17(3-4-18-11-12-25-22(14-18)28-2)7-10-21(16)26-23(27)20-8-5-19(15-24)6-9-20/h5-14H,15H2,1-2H3,(H,26,27). The van der Waals surface area contributed by atoms with E-state index in [1.165, 1.54) is 0 Å². The summed E-state index contributed by atoms with van der Waals surface area (Å²) in [4.78, 5) is 16.5. The zero-order chi connectivity index (χ0) is 19.9. The first-order valence-corrected chi connectivity index (χ1v) is 9.21. The molecule has 0 bridgehead atoms. The lowest BCUT2D eigenvalue weighted by molar-refractivity contribution is 0.102. The maximum atomic E-state index is 12.4. The van der Waals surface area contributed by atoms with Crippen molar-refractivity contribution in [3.05, 3.63) is 88.6 Å². The molecule has 0 atom stereocenters. The van der Waals surface area contributed by atoms with E-state index in [1.807, 2.05) is 43.3 Å². The predicted octanol–water partition coefficient (Wildman–Crippen LogP) is 4.79. The molecule has 0 radical (unpaired) electrons. The third-order valence-corrected chi connectivity index (χ3v) is 4.45. The van der Waals surface area contributed by atoms with Gasteiger partial charge in [0.2, 0.25) is 5.88 Å². The lowest BCUT2D eigenvalue weighted by Crippen LogP contribution is -2.12. The van der Waals surface area contributed by atoms with Crippen LogP contribution >= 0.6 is 11.6 Å². The molecule has 1 amide bonds. The Morgan fingerprint density at radius 2 is 1.79 bits per heavy atom. The molecular formula is C23H19ClN2O2. The summed E-state index contributed by atoms with van der Waals surface area (Å²) < 4.78 is 5.10. The zero-order valence-corrected chi connectivity index (χ0v) is 16.4. The third-order valence-electron chi connectivity index (χ3n) is 4.14. The average Bonchev–Trinajstić information content (AvgIpc) is 2.74. The van der Waals surface area contributed by atoms with E-state index in [9.17, 15) is 4.79 Å². The van der Waals surface area contributed by atoms with Crippen molar-refractivity contribution in [2.45, 2.75) is 12.8 Å². The van der Waals surface area contributed by atoms with E-state index in [4.69, 9.17) is 16.3 Å². The summed E-state index contributed by atoms with van der Waals surface area (Å²) in [7, 11) is 1.57. The Hall–Kier alpha value is -3.29. The first kappa shape index (κ1) is 19.5. The molecule has 0 saturated carbocycles. The molecule has 1 N–H and O–H groups in total. The summed E-state index contributed by atoms with van der Waals surface area (Å²) in [6.07, 6.45) is 1.66. The summed E-state index contributed by atoms with van der Waals surface area (Å²) in [5.74, 6) is 7.01. The van der Waals surface area contributed by atoms with Gasteiger partial charge in [0, 0.05) is 40.5 Å². The quantitative estimate of drug-likeness (QED) is 0.514. The number of benzene rings is 2. The number of hydrogen-bond acceptors (Lipinski definition) is 3. The molecule has 0 spiro atoms. The van der Waals surface area contributed by atoms with Crippen LogP contribution in [0, 0.1) is 18.8 Å². The molecule has 3 aromatic rings. The minimum atomic E-state index is -0.160. The Kier molecular flexibility index (Phi) is 6.31. The maximum absolute atomic E-state index is 12.4. The van der Waals surface area contributed by atoms with Gasteiger partial charge in [-0.15, -0.1) is 11.6 Å². The molecule has 4 nitrogen and oxygen atoms in total. The fourth-order valence-electron chi connectivity index (χ4n) is 2.56. The van der Waals surface area contributed by atoms with Crippen LogP contribution in [-0.2, 0) is 5.88 Å². The highest BCUT2D eigenvalue weighted by Gasteiger charge is 2.08. The Morgan fingerprint density at radius 1 is 1.07 bits per heavy atom. The molecule has 0 aliphatic heterocycles. The van der Waals surface area contributed by atoms with Crippen molar-refractivity contribution in [1.82, 2.24) is 4.98 Å². The first-order valence-electron chi connectivity index (χ1n) is 8.68. The van der Waals surface area contributed by atoms with E-state index in [2.05, 4.69) is 22.1 Å². The number of ether oxygens (including phenoxy) is 1. The molecular weight excluding hydrogens is 372 g/mol. The second-order valence-electron chi connectivity index (χ2n) is 6.15. The van der Waals surface area contributed by atoms with Gasteiger partial charge in [-0.25, -0.2) is 4.98 Å². The van der Waals surface area contributed by atoms with Crippen molar-refractivity contribution in [3.63, 3.8) is 0 Å². The molecule has 0 aliphatic carbocycles. The number of halogens is 1. The number of hydrogen-bond donors (Lipinski definition) is 1. The number of rotatable bonds is 4. The van der Waals surface area contributed by atoms with Crippen molar-refractivity contribution in [2.24, 2.45) is 0 Å². The summed E-state index contributed by atoms with van der Waals surface area (Å²) in [5.41, 5.74) is 4.93. The second kappa shape index (κ2) is 9.07. The number of aryl methyl sites for hydroxylation is 1. The number of amides is 1. The summed E-state index contributed by atoms with van der Waals surface area (Å²) in [5, 5.41) is 2.94. The number of anilines is 1. The van der Waals surface area contributed by atoms with Gasteiger partial charge < -0.3 is 10.1 Å². The Bertz CT molecular complexity index is 1050. The highest BCUT2D eigenvalue weighted by atomic mass is 35.5. The van der Waals surface area contributed by atoms with Crippen molar-refractivity contribution >= 4 is 23.2 Å². The maximum Gasteiger partial charge on any atom is 0.255 e. The second-order valence-corrected chi connectivity index (χ2v) is 6.42. The van der Waals surface area contributed by atoms with Crippen molar-refractivity contribution in [2.75, 3.05) is 12.4 Å². The van der Waals surface area contributed by atoms with Crippen LogP contribution in [-0.4, -0.2) is 18.0 Å². The van der Waals surface area contributed by atoms with E-state index in [1.54, 1.807) is 31.5 Å². The van der Waals surface area contributed by atoms with Gasteiger partial charge in [0.25, 0.3) is 5.91 Å². The lowest BCUT2D eigenvalue weighted by atomic mass is 10.1. The Balaban J connectivity index is 1.73. The Morgan fingerprint density at radius 3 is 2.43 bits per heavy atom. The van der Waals surface area contributed by atoms with E-state index in [0.717, 1.165) is 27.9 Å². The number of pyridine rings is 1. The monoisotopic (exact) mass is 390 g/mol. The largest absolute Gasteiger partial charge is 0.481 e. The van der Waals surface area contributed by atoms with Crippen LogP contribution in [0.4, 0.5) is 5.69 Å². The SMILES string of the molecule is COc1cc(C#Cc2ccc(NC(=O)c3ccc(CCl)cc3)c(C)c2)ccn1. The fourth-order valence-corrected chi connectivity index (χ4v) is 2.74.